The third kappa shape index (κ3) is 9.88. The van der Waals surface area contributed by atoms with Crippen LogP contribution in [0.25, 0.3) is 0 Å². The molecule has 0 atom stereocenters. The first-order valence-electron chi connectivity index (χ1n) is 20.5. The van der Waals surface area contributed by atoms with Crippen molar-refractivity contribution >= 4 is 0 Å². The topological polar surface area (TPSA) is 98.1 Å². The lowest BCUT2D eigenvalue weighted by molar-refractivity contribution is 0.236. The van der Waals surface area contributed by atoms with Gasteiger partial charge in [-0.15, -0.1) is 0 Å². The highest BCUT2D eigenvalue weighted by Gasteiger charge is 2.22. The van der Waals surface area contributed by atoms with Crippen molar-refractivity contribution in [3.05, 3.63) is 176 Å². The number of benzene rings is 6. The minimum absolute atomic E-state index is 0.219. The van der Waals surface area contributed by atoms with E-state index >= 15 is 0 Å². The Kier molecular flexibility index (Phi) is 13.3. The molecule has 0 unspecified atom stereocenters. The van der Waals surface area contributed by atoms with Gasteiger partial charge in [0.25, 0.3) is 0 Å². The maximum atomic E-state index is 11.7. The molecule has 60 heavy (non-hydrogen) atoms. The smallest absolute Gasteiger partial charge is 0.123 e. The molecule has 0 aromatic heterocycles. The van der Waals surface area contributed by atoms with E-state index in [1.165, 1.54) is 0 Å². The zero-order valence-electron chi connectivity index (χ0n) is 35.7. The molecule has 0 spiro atoms. The molecule has 0 saturated carbocycles. The van der Waals surface area contributed by atoms with E-state index in [0.29, 0.717) is 58.9 Å². The Morgan fingerprint density at radius 2 is 0.633 bits per heavy atom. The van der Waals surface area contributed by atoms with Crippen LogP contribution >= 0.6 is 0 Å². The van der Waals surface area contributed by atoms with Crippen LogP contribution in [-0.4, -0.2) is 51.3 Å². The van der Waals surface area contributed by atoms with Gasteiger partial charge in [-0.3, -0.25) is 14.7 Å². The molecule has 0 saturated heterocycles. The highest BCUT2D eigenvalue weighted by atomic mass is 16.5. The van der Waals surface area contributed by atoms with Crippen LogP contribution in [0.4, 0.5) is 0 Å². The second kappa shape index (κ2) is 18.9. The first-order chi connectivity index (χ1) is 29.0. The summed E-state index contributed by atoms with van der Waals surface area (Å²) in [5.74, 6) is 3.05. The molecule has 6 aromatic carbocycles. The minimum atomic E-state index is 0.219. The Bertz CT molecular complexity index is 2080. The van der Waals surface area contributed by atoms with Crippen LogP contribution in [0.3, 0.4) is 0 Å². The molecule has 9 heteroatoms. The number of rotatable bonds is 9. The molecule has 0 fully saturated rings. The number of fused-ring (bicyclic) bond motifs is 3. The van der Waals surface area contributed by atoms with Crippen LogP contribution in [0.2, 0.25) is 0 Å². The fraction of sp³-hybridized carbons (Fsp3) is 0.294. The van der Waals surface area contributed by atoms with Crippen LogP contribution in [-0.2, 0) is 58.9 Å². The molecular weight excluding hydrogens is 751 g/mol. The third-order valence-electron chi connectivity index (χ3n) is 11.7. The summed E-state index contributed by atoms with van der Waals surface area (Å²) in [6, 6.07) is 36.0. The number of para-hydroxylation sites is 3. The number of hydrogen-bond donors (Lipinski definition) is 3. The number of phenolic OH excluding ortho intramolecular Hbond substituents is 3. The summed E-state index contributed by atoms with van der Waals surface area (Å²) in [4.78, 5) is 6.85. The Hall–Kier alpha value is -6.00. The van der Waals surface area contributed by atoms with Gasteiger partial charge in [0, 0.05) is 92.3 Å². The zero-order valence-corrected chi connectivity index (χ0v) is 35.7. The van der Waals surface area contributed by atoms with Crippen molar-refractivity contribution < 1.29 is 29.5 Å². The van der Waals surface area contributed by atoms with Gasteiger partial charge in [0.1, 0.15) is 34.5 Å². The Morgan fingerprint density at radius 3 is 0.900 bits per heavy atom. The van der Waals surface area contributed by atoms with Gasteiger partial charge in [-0.05, 0) is 90.6 Å². The molecule has 312 valence electrons. The monoisotopic (exact) mass is 807 g/mol. The Balaban J connectivity index is 1.34. The van der Waals surface area contributed by atoms with Gasteiger partial charge in [0.15, 0.2) is 0 Å². The summed E-state index contributed by atoms with van der Waals surface area (Å²) in [5.41, 5.74) is 11.6. The summed E-state index contributed by atoms with van der Waals surface area (Å²) in [5, 5.41) is 35.2. The van der Waals surface area contributed by atoms with Crippen molar-refractivity contribution in [3.8, 4) is 34.5 Å². The standard InChI is InChI=1S/C51H57N3O6/c1-34-19-43-31-53(26-38-14-8-11-17-50(38)59-5)29-41-23-48(57)45(21-36(41)3)33-54(27-39-15-9-12-18-51(39)60-6)30-42-24-47(56)44(20-35(42)2)32-52(28-40(34)22-46(43)55)25-37-13-7-10-16-49(37)58-4/h7-24,55-57H,25-33H2,1-6H3. The average molecular weight is 808 g/mol. The van der Waals surface area contributed by atoms with Crippen molar-refractivity contribution in [2.24, 2.45) is 0 Å². The van der Waals surface area contributed by atoms with Crippen molar-refractivity contribution in [1.29, 1.82) is 0 Å². The second-order valence-electron chi connectivity index (χ2n) is 16.1. The van der Waals surface area contributed by atoms with Crippen LogP contribution in [0.1, 0.15) is 66.8 Å². The summed E-state index contributed by atoms with van der Waals surface area (Å²) in [6.07, 6.45) is 0. The highest BCUT2D eigenvalue weighted by molar-refractivity contribution is 5.46. The van der Waals surface area contributed by atoms with Gasteiger partial charge >= 0.3 is 0 Å². The van der Waals surface area contributed by atoms with E-state index in [0.717, 1.165) is 84.0 Å². The predicted octanol–water partition coefficient (Wildman–Crippen LogP) is 9.68. The lowest BCUT2D eigenvalue weighted by Gasteiger charge is -2.27. The Morgan fingerprint density at radius 1 is 0.383 bits per heavy atom. The summed E-state index contributed by atoms with van der Waals surface area (Å²) < 4.78 is 17.3. The van der Waals surface area contributed by atoms with Crippen molar-refractivity contribution in [2.75, 3.05) is 21.3 Å². The average Bonchev–Trinajstić information content (AvgIpc) is 3.23. The van der Waals surface area contributed by atoms with Gasteiger partial charge in [0.2, 0.25) is 0 Å². The van der Waals surface area contributed by atoms with E-state index in [4.69, 9.17) is 14.2 Å². The number of methoxy groups -OCH3 is 3. The number of ether oxygens (including phenoxy) is 3. The maximum Gasteiger partial charge on any atom is 0.123 e. The van der Waals surface area contributed by atoms with E-state index in [1.807, 2.05) is 72.8 Å². The fourth-order valence-corrected chi connectivity index (χ4v) is 8.46. The van der Waals surface area contributed by atoms with Crippen LogP contribution in [0.5, 0.6) is 34.5 Å². The maximum absolute atomic E-state index is 11.7. The molecule has 4 heterocycles. The van der Waals surface area contributed by atoms with Gasteiger partial charge in [-0.1, -0.05) is 72.8 Å². The number of aryl methyl sites for hydroxylation is 3. The first kappa shape index (κ1) is 42.1. The van der Waals surface area contributed by atoms with Crippen molar-refractivity contribution in [3.63, 3.8) is 0 Å². The summed E-state index contributed by atoms with van der Waals surface area (Å²) in [6.45, 7) is 10.9. The molecule has 0 radical (unpaired) electrons. The van der Waals surface area contributed by atoms with Gasteiger partial charge < -0.3 is 29.5 Å². The number of phenols is 3. The quantitative estimate of drug-likeness (QED) is 0.132. The predicted molar refractivity (Wildman–Crippen MR) is 236 cm³/mol. The van der Waals surface area contributed by atoms with Crippen LogP contribution in [0.15, 0.2) is 109 Å². The molecule has 6 bridgehead atoms. The number of nitrogens with zero attached hydrogens (tertiary/aromatic N) is 3. The van der Waals surface area contributed by atoms with Gasteiger partial charge in [-0.25, -0.2) is 0 Å². The second-order valence-corrected chi connectivity index (χ2v) is 16.1. The largest absolute Gasteiger partial charge is 0.508 e. The van der Waals surface area contributed by atoms with E-state index in [1.54, 1.807) is 21.3 Å². The fourth-order valence-electron chi connectivity index (χ4n) is 8.46. The van der Waals surface area contributed by atoms with E-state index in [9.17, 15) is 15.3 Å². The molecule has 0 amide bonds. The minimum Gasteiger partial charge on any atom is -0.508 e. The third-order valence-corrected chi connectivity index (χ3v) is 11.7. The van der Waals surface area contributed by atoms with E-state index in [2.05, 4.69) is 71.9 Å². The molecule has 6 aromatic rings. The summed E-state index contributed by atoms with van der Waals surface area (Å²) in [7, 11) is 5.06. The Labute approximate surface area is 354 Å². The first-order valence-corrected chi connectivity index (χ1v) is 20.5. The molecule has 4 aliphatic rings. The van der Waals surface area contributed by atoms with Crippen LogP contribution < -0.4 is 14.2 Å². The number of aromatic hydroxyl groups is 3. The van der Waals surface area contributed by atoms with Crippen molar-refractivity contribution in [2.45, 2.75) is 79.7 Å². The summed E-state index contributed by atoms with van der Waals surface area (Å²) >= 11 is 0. The van der Waals surface area contributed by atoms with Crippen molar-refractivity contribution in [1.82, 2.24) is 14.7 Å². The zero-order chi connectivity index (χ0) is 42.3. The molecular formula is C51H57N3O6. The van der Waals surface area contributed by atoms with E-state index in [-0.39, 0.29) is 17.2 Å². The molecule has 4 aliphatic heterocycles. The molecule has 10 rings (SSSR count). The lowest BCUT2D eigenvalue weighted by atomic mass is 10.0. The lowest BCUT2D eigenvalue weighted by Crippen LogP contribution is -2.24. The highest BCUT2D eigenvalue weighted by Crippen LogP contribution is 2.34. The normalized spacial score (nSPS) is 14.3. The SMILES string of the molecule is COc1ccccc1CN1Cc2cc(O)c(cc2C)CN(Cc2ccccc2OC)Cc2cc(O)c(cc2C)CN(Cc2ccccc2OC)Cc2cc(O)c(cc2C)C1. The van der Waals surface area contributed by atoms with E-state index < -0.39 is 0 Å². The molecule has 3 N–H and O–H groups in total. The van der Waals surface area contributed by atoms with Gasteiger partial charge in [-0.2, -0.15) is 0 Å². The van der Waals surface area contributed by atoms with Gasteiger partial charge in [0.05, 0.1) is 21.3 Å². The number of hydrogen-bond acceptors (Lipinski definition) is 9. The molecule has 0 aliphatic carbocycles. The molecule has 9 nitrogen and oxygen atoms in total. The van der Waals surface area contributed by atoms with Crippen LogP contribution in [0, 0.1) is 20.8 Å².